The molecule has 1 rings (SSSR count). The minimum atomic E-state index is 0.333. The van der Waals surface area contributed by atoms with Crippen molar-refractivity contribution in [2.24, 2.45) is 0 Å². The molecule has 0 saturated carbocycles. The SMILES string of the molecule is Cc1cc(NC(C)C)c(N)c(Cl)n1. The van der Waals surface area contributed by atoms with Gasteiger partial charge in [0.15, 0.2) is 5.15 Å². The van der Waals surface area contributed by atoms with Crippen LogP contribution in [0.1, 0.15) is 19.5 Å². The molecule has 72 valence electrons. The first-order valence-electron chi connectivity index (χ1n) is 4.20. The van der Waals surface area contributed by atoms with Gasteiger partial charge >= 0.3 is 0 Å². The maximum atomic E-state index is 5.83. The lowest BCUT2D eigenvalue weighted by molar-refractivity contribution is 0.899. The molecule has 0 amide bonds. The minimum absolute atomic E-state index is 0.333. The fourth-order valence-electron chi connectivity index (χ4n) is 1.08. The zero-order valence-electron chi connectivity index (χ0n) is 8.06. The fraction of sp³-hybridized carbons (Fsp3) is 0.444. The molecule has 0 saturated heterocycles. The van der Waals surface area contributed by atoms with Gasteiger partial charge in [-0.25, -0.2) is 4.98 Å². The first kappa shape index (κ1) is 10.1. The summed E-state index contributed by atoms with van der Waals surface area (Å²) in [5.41, 5.74) is 7.98. The summed E-state index contributed by atoms with van der Waals surface area (Å²) in [6.45, 7) is 5.98. The lowest BCUT2D eigenvalue weighted by atomic mass is 10.2. The van der Waals surface area contributed by atoms with Crippen LogP contribution in [0.3, 0.4) is 0 Å². The highest BCUT2D eigenvalue weighted by atomic mass is 35.5. The number of anilines is 2. The summed E-state index contributed by atoms with van der Waals surface area (Å²) >= 11 is 5.83. The predicted molar refractivity (Wildman–Crippen MR) is 57.2 cm³/mol. The number of rotatable bonds is 2. The zero-order chi connectivity index (χ0) is 10.0. The summed E-state index contributed by atoms with van der Waals surface area (Å²) in [7, 11) is 0. The second kappa shape index (κ2) is 3.83. The smallest absolute Gasteiger partial charge is 0.154 e. The monoisotopic (exact) mass is 199 g/mol. The van der Waals surface area contributed by atoms with Crippen LogP contribution < -0.4 is 11.1 Å². The van der Waals surface area contributed by atoms with E-state index < -0.39 is 0 Å². The van der Waals surface area contributed by atoms with Crippen molar-refractivity contribution in [3.63, 3.8) is 0 Å². The van der Waals surface area contributed by atoms with Crippen molar-refractivity contribution in [2.45, 2.75) is 26.8 Å². The highest BCUT2D eigenvalue weighted by Crippen LogP contribution is 2.26. The maximum absolute atomic E-state index is 5.83. The van der Waals surface area contributed by atoms with Crippen LogP contribution in [0, 0.1) is 6.92 Å². The molecule has 0 unspecified atom stereocenters. The van der Waals surface area contributed by atoms with Gasteiger partial charge in [-0.05, 0) is 26.8 Å². The Labute approximate surface area is 83.3 Å². The molecule has 0 aromatic carbocycles. The number of nitrogens with zero attached hydrogens (tertiary/aromatic N) is 1. The molecule has 0 radical (unpaired) electrons. The van der Waals surface area contributed by atoms with Crippen molar-refractivity contribution in [3.8, 4) is 0 Å². The fourth-order valence-corrected chi connectivity index (χ4v) is 1.31. The molecule has 0 atom stereocenters. The molecular formula is C9H14ClN3. The van der Waals surface area contributed by atoms with Crippen LogP contribution in [0.25, 0.3) is 0 Å². The largest absolute Gasteiger partial charge is 0.395 e. The Morgan fingerprint density at radius 3 is 2.69 bits per heavy atom. The van der Waals surface area contributed by atoms with E-state index in [1.54, 1.807) is 0 Å². The lowest BCUT2D eigenvalue weighted by Crippen LogP contribution is -2.12. The van der Waals surface area contributed by atoms with Gasteiger partial charge < -0.3 is 11.1 Å². The standard InChI is InChI=1S/C9H14ClN3/c1-5(2)12-7-4-6(3)13-9(10)8(7)11/h4-5H,11H2,1-3H3,(H,12,13). The highest BCUT2D eigenvalue weighted by Gasteiger charge is 2.06. The Kier molecular flexibility index (Phi) is 2.98. The number of aromatic nitrogens is 1. The van der Waals surface area contributed by atoms with E-state index in [0.717, 1.165) is 11.4 Å². The second-order valence-electron chi connectivity index (χ2n) is 3.31. The van der Waals surface area contributed by atoms with E-state index in [4.69, 9.17) is 17.3 Å². The number of nitrogen functional groups attached to an aromatic ring is 1. The number of nitrogens with two attached hydrogens (primary N) is 1. The molecule has 1 heterocycles. The average Bonchev–Trinajstić information content (AvgIpc) is 1.98. The van der Waals surface area contributed by atoms with Crippen molar-refractivity contribution in [1.82, 2.24) is 4.98 Å². The van der Waals surface area contributed by atoms with Crippen molar-refractivity contribution in [3.05, 3.63) is 16.9 Å². The number of hydrogen-bond donors (Lipinski definition) is 2. The molecule has 3 N–H and O–H groups in total. The third-order valence-electron chi connectivity index (χ3n) is 1.58. The van der Waals surface area contributed by atoms with Crippen LogP contribution in [-0.2, 0) is 0 Å². The van der Waals surface area contributed by atoms with E-state index >= 15 is 0 Å². The molecule has 1 aromatic rings. The summed E-state index contributed by atoms with van der Waals surface area (Å²) in [6, 6.07) is 2.22. The summed E-state index contributed by atoms with van der Waals surface area (Å²) in [5, 5.41) is 3.57. The molecule has 0 bridgehead atoms. The predicted octanol–water partition coefficient (Wildman–Crippen LogP) is 2.45. The van der Waals surface area contributed by atoms with E-state index in [2.05, 4.69) is 10.3 Å². The van der Waals surface area contributed by atoms with Crippen molar-refractivity contribution >= 4 is 23.0 Å². The maximum Gasteiger partial charge on any atom is 0.154 e. The Balaban J connectivity index is 3.05. The van der Waals surface area contributed by atoms with Gasteiger partial charge in [-0.1, -0.05) is 11.6 Å². The number of aryl methyl sites for hydroxylation is 1. The highest BCUT2D eigenvalue weighted by molar-refractivity contribution is 6.32. The van der Waals surface area contributed by atoms with Gasteiger partial charge in [0.1, 0.15) is 0 Å². The topological polar surface area (TPSA) is 50.9 Å². The van der Waals surface area contributed by atoms with Crippen molar-refractivity contribution in [1.29, 1.82) is 0 Å². The second-order valence-corrected chi connectivity index (χ2v) is 3.67. The van der Waals surface area contributed by atoms with Gasteiger partial charge in [0.25, 0.3) is 0 Å². The summed E-state index contributed by atoms with van der Waals surface area (Å²) < 4.78 is 0. The van der Waals surface area contributed by atoms with Crippen LogP contribution in [0.15, 0.2) is 6.07 Å². The molecule has 0 aliphatic carbocycles. The minimum Gasteiger partial charge on any atom is -0.395 e. The Morgan fingerprint density at radius 2 is 2.15 bits per heavy atom. The number of pyridine rings is 1. The van der Waals surface area contributed by atoms with Gasteiger partial charge in [-0.15, -0.1) is 0 Å². The zero-order valence-corrected chi connectivity index (χ0v) is 8.81. The molecule has 13 heavy (non-hydrogen) atoms. The molecule has 3 nitrogen and oxygen atoms in total. The van der Waals surface area contributed by atoms with Gasteiger partial charge in [0, 0.05) is 11.7 Å². The Bertz CT molecular complexity index is 310. The normalized spacial score (nSPS) is 10.5. The van der Waals surface area contributed by atoms with Crippen LogP contribution in [0.5, 0.6) is 0 Å². The lowest BCUT2D eigenvalue weighted by Gasteiger charge is -2.13. The first-order chi connectivity index (χ1) is 6.00. The van der Waals surface area contributed by atoms with Crippen LogP contribution >= 0.6 is 11.6 Å². The van der Waals surface area contributed by atoms with Gasteiger partial charge in [0.2, 0.25) is 0 Å². The number of nitrogens with one attached hydrogen (secondary N) is 1. The van der Waals surface area contributed by atoms with Gasteiger partial charge in [-0.2, -0.15) is 0 Å². The molecule has 0 aliphatic rings. The Hall–Kier alpha value is -0.960. The third-order valence-corrected chi connectivity index (χ3v) is 1.87. The quantitative estimate of drug-likeness (QED) is 0.720. The van der Waals surface area contributed by atoms with E-state index in [9.17, 15) is 0 Å². The van der Waals surface area contributed by atoms with Crippen LogP contribution in [0.4, 0.5) is 11.4 Å². The summed E-state index contributed by atoms with van der Waals surface area (Å²) in [4.78, 5) is 4.04. The van der Waals surface area contributed by atoms with Crippen LogP contribution in [-0.4, -0.2) is 11.0 Å². The molecule has 0 fully saturated rings. The van der Waals surface area contributed by atoms with Crippen LogP contribution in [0.2, 0.25) is 5.15 Å². The van der Waals surface area contributed by atoms with Crippen molar-refractivity contribution < 1.29 is 0 Å². The van der Waals surface area contributed by atoms with E-state index in [1.807, 2.05) is 26.8 Å². The molecule has 4 heteroatoms. The molecule has 1 aromatic heterocycles. The number of hydrogen-bond acceptors (Lipinski definition) is 3. The summed E-state index contributed by atoms with van der Waals surface area (Å²) in [6.07, 6.45) is 0. The van der Waals surface area contributed by atoms with E-state index in [0.29, 0.717) is 16.9 Å². The van der Waals surface area contributed by atoms with E-state index in [1.165, 1.54) is 0 Å². The van der Waals surface area contributed by atoms with Gasteiger partial charge in [-0.3, -0.25) is 0 Å². The molecule has 0 aliphatic heterocycles. The van der Waals surface area contributed by atoms with E-state index in [-0.39, 0.29) is 0 Å². The van der Waals surface area contributed by atoms with Gasteiger partial charge in [0.05, 0.1) is 11.4 Å². The van der Waals surface area contributed by atoms with Crippen molar-refractivity contribution in [2.75, 3.05) is 11.1 Å². The molecular weight excluding hydrogens is 186 g/mol. The Morgan fingerprint density at radius 1 is 1.54 bits per heavy atom. The molecule has 0 spiro atoms. The first-order valence-corrected chi connectivity index (χ1v) is 4.57. The number of halogens is 1. The average molecular weight is 200 g/mol. The summed E-state index contributed by atoms with van der Waals surface area (Å²) in [5.74, 6) is 0. The third kappa shape index (κ3) is 2.49.